The average molecular weight is 271 g/mol. The summed E-state index contributed by atoms with van der Waals surface area (Å²) in [5.41, 5.74) is 0.504. The molecule has 0 aliphatic carbocycles. The average Bonchev–Trinajstić information content (AvgIpc) is 2.78. The van der Waals surface area contributed by atoms with E-state index in [0.29, 0.717) is 17.0 Å². The molecule has 2 aromatic rings. The summed E-state index contributed by atoms with van der Waals surface area (Å²) in [5.74, 6) is 0. The van der Waals surface area contributed by atoms with E-state index >= 15 is 0 Å². The summed E-state index contributed by atoms with van der Waals surface area (Å²) in [7, 11) is 0. The van der Waals surface area contributed by atoms with Crippen LogP contribution in [0.15, 0.2) is 29.6 Å². The van der Waals surface area contributed by atoms with Crippen molar-refractivity contribution in [2.75, 3.05) is 0 Å². The number of benzene rings is 1. The highest BCUT2D eigenvalue weighted by Crippen LogP contribution is 2.30. The van der Waals surface area contributed by atoms with Gasteiger partial charge in [0.05, 0.1) is 5.01 Å². The molecule has 94 valence electrons. The third-order valence-electron chi connectivity index (χ3n) is 2.31. The van der Waals surface area contributed by atoms with Gasteiger partial charge in [-0.2, -0.15) is 13.2 Å². The van der Waals surface area contributed by atoms with E-state index in [1.54, 1.807) is 24.3 Å². The number of nitrogens with zero attached hydrogens (tertiary/aromatic N) is 1. The lowest BCUT2D eigenvalue weighted by Crippen LogP contribution is -2.05. The predicted octanol–water partition coefficient (Wildman–Crippen LogP) is 3.57. The molecule has 0 aliphatic heterocycles. The van der Waals surface area contributed by atoms with Crippen LogP contribution in [0.5, 0.6) is 0 Å². The van der Waals surface area contributed by atoms with Crippen LogP contribution in [-0.2, 0) is 12.6 Å². The zero-order valence-corrected chi connectivity index (χ0v) is 9.89. The minimum Gasteiger partial charge on any atom is -0.298 e. The van der Waals surface area contributed by atoms with Crippen molar-refractivity contribution >= 4 is 17.6 Å². The molecule has 6 heteroatoms. The first kappa shape index (κ1) is 12.8. The summed E-state index contributed by atoms with van der Waals surface area (Å²) in [4.78, 5) is 14.0. The largest absolute Gasteiger partial charge is 0.434 e. The van der Waals surface area contributed by atoms with E-state index in [-0.39, 0.29) is 0 Å². The molecule has 0 unspecified atom stereocenters. The monoisotopic (exact) mass is 271 g/mol. The summed E-state index contributed by atoms with van der Waals surface area (Å²) in [6, 6.07) is 6.66. The molecule has 0 atom stereocenters. The second-order valence-corrected chi connectivity index (χ2v) is 4.60. The van der Waals surface area contributed by atoms with Gasteiger partial charge in [0.15, 0.2) is 5.69 Å². The number of aromatic nitrogens is 1. The molecular formula is C12H8F3NOS. The second-order valence-electron chi connectivity index (χ2n) is 3.66. The van der Waals surface area contributed by atoms with Crippen LogP contribution in [0.4, 0.5) is 13.2 Å². The van der Waals surface area contributed by atoms with Crippen LogP contribution in [0.1, 0.15) is 26.6 Å². The van der Waals surface area contributed by atoms with E-state index < -0.39 is 11.9 Å². The Hall–Kier alpha value is -1.69. The number of aldehydes is 1. The lowest BCUT2D eigenvalue weighted by Gasteiger charge is -2.00. The first-order valence-corrected chi connectivity index (χ1v) is 5.93. The Balaban J connectivity index is 2.13. The zero-order chi connectivity index (χ0) is 13.2. The topological polar surface area (TPSA) is 30.0 Å². The molecular weight excluding hydrogens is 263 g/mol. The van der Waals surface area contributed by atoms with Gasteiger partial charge in [0.2, 0.25) is 0 Å². The Morgan fingerprint density at radius 1 is 1.22 bits per heavy atom. The van der Waals surface area contributed by atoms with Crippen LogP contribution in [0.3, 0.4) is 0 Å². The number of hydrogen-bond acceptors (Lipinski definition) is 3. The molecule has 2 nitrogen and oxygen atoms in total. The van der Waals surface area contributed by atoms with Gasteiger partial charge in [-0.3, -0.25) is 4.79 Å². The maximum absolute atomic E-state index is 12.3. The Kier molecular flexibility index (Phi) is 3.47. The van der Waals surface area contributed by atoms with Gasteiger partial charge < -0.3 is 0 Å². The SMILES string of the molecule is O=Cc1ccc(Cc2nc(C(F)(F)F)cs2)cc1. The van der Waals surface area contributed by atoms with Gasteiger partial charge in [0.25, 0.3) is 0 Å². The first-order valence-electron chi connectivity index (χ1n) is 5.05. The van der Waals surface area contributed by atoms with Crippen molar-refractivity contribution in [2.24, 2.45) is 0 Å². The van der Waals surface area contributed by atoms with Crippen LogP contribution < -0.4 is 0 Å². The van der Waals surface area contributed by atoms with E-state index in [4.69, 9.17) is 0 Å². The van der Waals surface area contributed by atoms with Crippen molar-refractivity contribution < 1.29 is 18.0 Å². The van der Waals surface area contributed by atoms with Crippen molar-refractivity contribution in [3.8, 4) is 0 Å². The normalized spacial score (nSPS) is 11.5. The van der Waals surface area contributed by atoms with Crippen LogP contribution >= 0.6 is 11.3 Å². The lowest BCUT2D eigenvalue weighted by atomic mass is 10.1. The first-order chi connectivity index (χ1) is 8.49. The molecule has 0 saturated carbocycles. The van der Waals surface area contributed by atoms with Crippen molar-refractivity contribution in [2.45, 2.75) is 12.6 Å². The molecule has 1 heterocycles. The molecule has 0 spiro atoms. The molecule has 0 amide bonds. The van der Waals surface area contributed by atoms with E-state index in [2.05, 4.69) is 4.98 Å². The van der Waals surface area contributed by atoms with E-state index in [9.17, 15) is 18.0 Å². The minimum atomic E-state index is -4.39. The fourth-order valence-corrected chi connectivity index (χ4v) is 2.25. The van der Waals surface area contributed by atoms with Gasteiger partial charge in [-0.25, -0.2) is 4.98 Å². The number of hydrogen-bond donors (Lipinski definition) is 0. The number of carbonyl (C=O) groups excluding carboxylic acids is 1. The van der Waals surface area contributed by atoms with Crippen molar-refractivity contribution in [1.29, 1.82) is 0 Å². The molecule has 2 rings (SSSR count). The van der Waals surface area contributed by atoms with Crippen LogP contribution in [0.25, 0.3) is 0 Å². The third-order valence-corrected chi connectivity index (χ3v) is 3.16. The summed E-state index contributed by atoms with van der Waals surface area (Å²) < 4.78 is 37.0. The van der Waals surface area contributed by atoms with Gasteiger partial charge in [-0.1, -0.05) is 24.3 Å². The Bertz CT molecular complexity index is 545. The molecule has 18 heavy (non-hydrogen) atoms. The van der Waals surface area contributed by atoms with Gasteiger partial charge in [-0.15, -0.1) is 11.3 Å². The lowest BCUT2D eigenvalue weighted by molar-refractivity contribution is -0.140. The fraction of sp³-hybridized carbons (Fsp3) is 0.167. The molecule has 0 aliphatic rings. The van der Waals surface area contributed by atoms with E-state index in [1.165, 1.54) is 0 Å². The van der Waals surface area contributed by atoms with Crippen molar-refractivity contribution in [3.63, 3.8) is 0 Å². The van der Waals surface area contributed by atoms with Crippen LogP contribution in [0, 0.1) is 0 Å². The number of rotatable bonds is 3. The molecule has 1 aromatic carbocycles. The summed E-state index contributed by atoms with van der Waals surface area (Å²) in [6.07, 6.45) is -3.34. The van der Waals surface area contributed by atoms with Gasteiger partial charge >= 0.3 is 6.18 Å². The predicted molar refractivity (Wildman–Crippen MR) is 61.8 cm³/mol. The smallest absolute Gasteiger partial charge is 0.298 e. The molecule has 0 bridgehead atoms. The van der Waals surface area contributed by atoms with Gasteiger partial charge in [-0.05, 0) is 5.56 Å². The molecule has 0 fully saturated rings. The highest BCUT2D eigenvalue weighted by Gasteiger charge is 2.33. The minimum absolute atomic E-state index is 0.333. The fourth-order valence-electron chi connectivity index (χ4n) is 1.41. The Morgan fingerprint density at radius 2 is 1.89 bits per heavy atom. The number of thiazole rings is 1. The number of alkyl halides is 3. The Morgan fingerprint density at radius 3 is 2.39 bits per heavy atom. The maximum atomic E-state index is 12.3. The van der Waals surface area contributed by atoms with Crippen LogP contribution in [-0.4, -0.2) is 11.3 Å². The van der Waals surface area contributed by atoms with Gasteiger partial charge in [0.1, 0.15) is 6.29 Å². The molecule has 0 saturated heterocycles. The zero-order valence-electron chi connectivity index (χ0n) is 9.07. The molecule has 0 N–H and O–H groups in total. The summed E-state index contributed by atoms with van der Waals surface area (Å²) in [6.45, 7) is 0. The summed E-state index contributed by atoms with van der Waals surface area (Å²) >= 11 is 0.981. The molecule has 1 aromatic heterocycles. The quantitative estimate of drug-likeness (QED) is 0.799. The summed E-state index contributed by atoms with van der Waals surface area (Å²) in [5, 5.41) is 1.41. The second kappa shape index (κ2) is 4.89. The highest BCUT2D eigenvalue weighted by molar-refractivity contribution is 7.09. The van der Waals surface area contributed by atoms with Gasteiger partial charge in [0, 0.05) is 17.4 Å². The van der Waals surface area contributed by atoms with Crippen LogP contribution in [0.2, 0.25) is 0 Å². The molecule has 0 radical (unpaired) electrons. The highest BCUT2D eigenvalue weighted by atomic mass is 32.1. The standard InChI is InChI=1S/C12H8F3NOS/c13-12(14,15)10-7-18-11(16-10)5-8-1-3-9(6-17)4-2-8/h1-4,6-7H,5H2. The van der Waals surface area contributed by atoms with E-state index in [1.807, 2.05) is 0 Å². The Labute approximate surface area is 105 Å². The maximum Gasteiger partial charge on any atom is 0.434 e. The van der Waals surface area contributed by atoms with Crippen molar-refractivity contribution in [1.82, 2.24) is 4.98 Å². The van der Waals surface area contributed by atoms with E-state index in [0.717, 1.165) is 28.6 Å². The number of carbonyl (C=O) groups is 1. The number of halogens is 3. The van der Waals surface area contributed by atoms with Crippen molar-refractivity contribution in [3.05, 3.63) is 51.5 Å². The third kappa shape index (κ3) is 2.95.